The zero-order chi connectivity index (χ0) is 14.4. The first-order chi connectivity index (χ1) is 9.74. The highest BCUT2D eigenvalue weighted by Gasteiger charge is 2.14. The highest BCUT2D eigenvalue weighted by atomic mass is 16.5. The van der Waals surface area contributed by atoms with Gasteiger partial charge in [0.05, 0.1) is 33.1 Å². The molecule has 1 aromatic carbocycles. The summed E-state index contributed by atoms with van der Waals surface area (Å²) in [6.45, 7) is 4.87. The van der Waals surface area contributed by atoms with Gasteiger partial charge in [0.25, 0.3) is 0 Å². The molecular weight excluding hydrogens is 260 g/mol. The zero-order valence-corrected chi connectivity index (χ0v) is 12.1. The third kappa shape index (κ3) is 3.68. The van der Waals surface area contributed by atoms with Crippen molar-refractivity contribution in [2.45, 2.75) is 0 Å². The molecule has 0 aromatic heterocycles. The lowest BCUT2D eigenvalue weighted by atomic mass is 10.2. The predicted molar refractivity (Wildman–Crippen MR) is 76.7 cm³/mol. The number of morpholine rings is 1. The quantitative estimate of drug-likeness (QED) is 0.785. The Morgan fingerprint density at radius 2 is 1.95 bits per heavy atom. The molecule has 1 aliphatic heterocycles. The third-order valence-corrected chi connectivity index (χ3v) is 3.27. The van der Waals surface area contributed by atoms with Crippen LogP contribution in [0.2, 0.25) is 0 Å². The predicted octanol–water partition coefficient (Wildman–Crippen LogP) is 0.997. The molecule has 0 saturated carbocycles. The van der Waals surface area contributed by atoms with Crippen molar-refractivity contribution in [2.24, 2.45) is 0 Å². The molecule has 1 aromatic rings. The van der Waals surface area contributed by atoms with Gasteiger partial charge < -0.3 is 24.7 Å². The van der Waals surface area contributed by atoms with Crippen molar-refractivity contribution in [3.8, 4) is 17.2 Å². The van der Waals surface area contributed by atoms with Crippen LogP contribution in [0, 0.1) is 0 Å². The van der Waals surface area contributed by atoms with Crippen LogP contribution in [0.15, 0.2) is 12.1 Å². The molecule has 2 N–H and O–H groups in total. The maximum atomic E-state index is 5.97. The van der Waals surface area contributed by atoms with Crippen molar-refractivity contribution in [2.75, 3.05) is 59.4 Å². The number of hydrogen-bond acceptors (Lipinski definition) is 6. The third-order valence-electron chi connectivity index (χ3n) is 3.27. The van der Waals surface area contributed by atoms with Gasteiger partial charge in [0.2, 0.25) is 0 Å². The van der Waals surface area contributed by atoms with E-state index in [1.54, 1.807) is 26.4 Å². The zero-order valence-electron chi connectivity index (χ0n) is 12.1. The van der Waals surface area contributed by atoms with E-state index >= 15 is 0 Å². The Labute approximate surface area is 119 Å². The molecule has 1 heterocycles. The van der Waals surface area contributed by atoms with Crippen LogP contribution >= 0.6 is 0 Å². The van der Waals surface area contributed by atoms with Crippen LogP contribution in [-0.2, 0) is 4.74 Å². The Kier molecular flexibility index (Phi) is 5.31. The maximum Gasteiger partial charge on any atom is 0.184 e. The highest BCUT2D eigenvalue weighted by molar-refractivity contribution is 5.63. The number of hydrogen-bond donors (Lipinski definition) is 1. The molecule has 0 radical (unpaired) electrons. The van der Waals surface area contributed by atoms with Gasteiger partial charge in [-0.1, -0.05) is 0 Å². The van der Waals surface area contributed by atoms with Crippen molar-refractivity contribution in [1.29, 1.82) is 0 Å². The van der Waals surface area contributed by atoms with Gasteiger partial charge in [-0.3, -0.25) is 4.90 Å². The molecule has 0 atom stereocenters. The molecule has 2 rings (SSSR count). The van der Waals surface area contributed by atoms with E-state index in [-0.39, 0.29) is 0 Å². The number of nitrogens with two attached hydrogens (primary N) is 1. The van der Waals surface area contributed by atoms with Crippen LogP contribution in [0.3, 0.4) is 0 Å². The van der Waals surface area contributed by atoms with Crippen LogP contribution < -0.4 is 19.9 Å². The molecule has 0 unspecified atom stereocenters. The van der Waals surface area contributed by atoms with Gasteiger partial charge in [-0.25, -0.2) is 0 Å². The van der Waals surface area contributed by atoms with Crippen molar-refractivity contribution in [3.05, 3.63) is 12.1 Å². The Morgan fingerprint density at radius 3 is 2.60 bits per heavy atom. The minimum Gasteiger partial charge on any atom is -0.497 e. The number of anilines is 1. The number of benzene rings is 1. The van der Waals surface area contributed by atoms with E-state index in [2.05, 4.69) is 4.90 Å². The lowest BCUT2D eigenvalue weighted by molar-refractivity contribution is 0.0321. The van der Waals surface area contributed by atoms with Crippen LogP contribution in [-0.4, -0.2) is 58.6 Å². The van der Waals surface area contributed by atoms with Crippen LogP contribution in [0.1, 0.15) is 0 Å². The summed E-state index contributed by atoms with van der Waals surface area (Å²) in [7, 11) is 3.18. The second-order valence-corrected chi connectivity index (χ2v) is 4.55. The van der Waals surface area contributed by atoms with Gasteiger partial charge in [0.1, 0.15) is 12.4 Å². The summed E-state index contributed by atoms with van der Waals surface area (Å²) in [5.74, 6) is 1.81. The minimum atomic E-state index is 0.517. The molecule has 0 aliphatic carbocycles. The van der Waals surface area contributed by atoms with Gasteiger partial charge in [-0.2, -0.15) is 0 Å². The molecule has 0 amide bonds. The molecule has 1 fully saturated rings. The minimum absolute atomic E-state index is 0.517. The first-order valence-corrected chi connectivity index (χ1v) is 6.69. The van der Waals surface area contributed by atoms with Gasteiger partial charge in [0, 0.05) is 31.8 Å². The number of nitrogen functional groups attached to an aromatic ring is 1. The topological polar surface area (TPSA) is 66.2 Å². The second-order valence-electron chi connectivity index (χ2n) is 4.55. The van der Waals surface area contributed by atoms with Crippen molar-refractivity contribution < 1.29 is 18.9 Å². The van der Waals surface area contributed by atoms with Crippen LogP contribution in [0.4, 0.5) is 5.69 Å². The summed E-state index contributed by atoms with van der Waals surface area (Å²) in [6.07, 6.45) is 0. The number of nitrogens with zero attached hydrogens (tertiary/aromatic N) is 1. The number of rotatable bonds is 6. The van der Waals surface area contributed by atoms with E-state index in [9.17, 15) is 0 Å². The lowest BCUT2D eigenvalue weighted by Gasteiger charge is -2.26. The first kappa shape index (κ1) is 14.7. The second kappa shape index (κ2) is 7.21. The summed E-state index contributed by atoms with van der Waals surface area (Å²) in [6, 6.07) is 3.49. The van der Waals surface area contributed by atoms with Crippen molar-refractivity contribution >= 4 is 5.69 Å². The highest BCUT2D eigenvalue weighted by Crippen LogP contribution is 2.37. The fourth-order valence-corrected chi connectivity index (χ4v) is 2.12. The van der Waals surface area contributed by atoms with Crippen LogP contribution in [0.25, 0.3) is 0 Å². The molecule has 6 nitrogen and oxygen atoms in total. The first-order valence-electron chi connectivity index (χ1n) is 6.69. The van der Waals surface area contributed by atoms with E-state index in [4.69, 9.17) is 24.7 Å². The summed E-state index contributed by atoms with van der Waals surface area (Å²) >= 11 is 0. The molecule has 1 aliphatic rings. The van der Waals surface area contributed by atoms with E-state index in [1.807, 2.05) is 0 Å². The van der Waals surface area contributed by atoms with Crippen LogP contribution in [0.5, 0.6) is 17.2 Å². The molecule has 20 heavy (non-hydrogen) atoms. The van der Waals surface area contributed by atoms with Crippen molar-refractivity contribution in [3.63, 3.8) is 0 Å². The maximum absolute atomic E-state index is 5.97. The summed E-state index contributed by atoms with van der Waals surface area (Å²) in [5.41, 5.74) is 6.49. The number of ether oxygens (including phenoxy) is 4. The summed E-state index contributed by atoms with van der Waals surface area (Å²) < 4.78 is 21.5. The number of methoxy groups -OCH3 is 2. The fourth-order valence-electron chi connectivity index (χ4n) is 2.12. The largest absolute Gasteiger partial charge is 0.497 e. The van der Waals surface area contributed by atoms with Gasteiger partial charge in [-0.15, -0.1) is 0 Å². The van der Waals surface area contributed by atoms with E-state index in [0.717, 1.165) is 32.8 Å². The molecule has 6 heteroatoms. The smallest absolute Gasteiger partial charge is 0.184 e. The molecular formula is C14H22N2O4. The van der Waals surface area contributed by atoms with Gasteiger partial charge in [0.15, 0.2) is 11.5 Å². The molecule has 0 spiro atoms. The normalized spacial score (nSPS) is 15.9. The average Bonchev–Trinajstić information content (AvgIpc) is 2.49. The Balaban J connectivity index is 1.94. The summed E-state index contributed by atoms with van der Waals surface area (Å²) in [5, 5.41) is 0. The molecule has 0 bridgehead atoms. The SMILES string of the molecule is COc1cc(N)c(OCCN2CCOCC2)c(OC)c1. The molecule has 1 saturated heterocycles. The monoisotopic (exact) mass is 282 g/mol. The molecule has 112 valence electrons. The lowest BCUT2D eigenvalue weighted by Crippen LogP contribution is -2.38. The van der Waals surface area contributed by atoms with Crippen molar-refractivity contribution in [1.82, 2.24) is 4.90 Å². The van der Waals surface area contributed by atoms with Gasteiger partial charge in [-0.05, 0) is 0 Å². The van der Waals surface area contributed by atoms with E-state index in [0.29, 0.717) is 29.5 Å². The summed E-state index contributed by atoms with van der Waals surface area (Å²) in [4.78, 5) is 2.30. The average molecular weight is 282 g/mol. The van der Waals surface area contributed by atoms with E-state index in [1.165, 1.54) is 0 Å². The standard InChI is InChI=1S/C14H22N2O4/c1-17-11-9-12(15)14(13(10-11)18-2)20-8-5-16-3-6-19-7-4-16/h9-10H,3-8,15H2,1-2H3. The Bertz CT molecular complexity index is 433. The van der Waals surface area contributed by atoms with Gasteiger partial charge >= 0.3 is 0 Å². The Hall–Kier alpha value is -1.66. The Morgan fingerprint density at radius 1 is 1.20 bits per heavy atom. The van der Waals surface area contributed by atoms with E-state index < -0.39 is 0 Å². The fraction of sp³-hybridized carbons (Fsp3) is 0.571.